The van der Waals surface area contributed by atoms with Gasteiger partial charge in [0.1, 0.15) is 0 Å². The predicted octanol–water partition coefficient (Wildman–Crippen LogP) is 16.9. The number of hydrogen-bond acceptors (Lipinski definition) is 4. The van der Waals surface area contributed by atoms with Crippen molar-refractivity contribution in [3.63, 3.8) is 0 Å². The highest BCUT2D eigenvalue weighted by atomic mass is 16.5. The van der Waals surface area contributed by atoms with Crippen molar-refractivity contribution in [3.8, 4) is 0 Å². The third kappa shape index (κ3) is 9.46. The molecule has 9 aromatic carbocycles. The lowest BCUT2D eigenvalue weighted by Crippen LogP contribution is -2.82. The van der Waals surface area contributed by atoms with E-state index in [1.165, 1.54) is 83.5 Å². The Morgan fingerprint density at radius 2 is 0.378 bits per heavy atom. The van der Waals surface area contributed by atoms with E-state index in [1.54, 1.807) is 0 Å². The fourth-order valence-electron chi connectivity index (χ4n) is 16.1. The molecule has 82 heavy (non-hydrogen) atoms. The molecule has 9 aromatic rings. The average Bonchev–Trinajstić information content (AvgIpc) is 3.39. The molecule has 0 amide bonds. The van der Waals surface area contributed by atoms with Gasteiger partial charge in [0, 0.05) is 0 Å². The normalized spacial score (nSPS) is 26.8. The molecule has 0 aromatic heterocycles. The van der Waals surface area contributed by atoms with E-state index < -0.39 is 0 Å². The number of rotatable bonds is 12. The molecule has 404 valence electrons. The van der Waals surface area contributed by atoms with Gasteiger partial charge in [-0.15, -0.1) is 0 Å². The molecule has 0 radical (unpaired) electrons. The molecule has 3 aliphatic carbocycles. The first kappa shape index (κ1) is 51.0. The summed E-state index contributed by atoms with van der Waals surface area (Å²) in [6.07, 6.45) is 5.08. The van der Waals surface area contributed by atoms with Gasteiger partial charge in [-0.3, -0.25) is 4.90 Å². The van der Waals surface area contributed by atoms with Crippen LogP contribution in [0.5, 0.6) is 0 Å². The molecular formula is C78H69NO3. The maximum absolute atomic E-state index is 8.01. The van der Waals surface area contributed by atoms with Gasteiger partial charge in [0.05, 0.1) is 54.7 Å². The summed E-state index contributed by atoms with van der Waals surface area (Å²) < 4.78 is 24.0. The van der Waals surface area contributed by atoms with Gasteiger partial charge in [-0.2, -0.15) is 0 Å². The van der Waals surface area contributed by atoms with Crippen LogP contribution in [-0.2, 0) is 14.2 Å². The fourth-order valence-corrected chi connectivity index (χ4v) is 16.1. The Morgan fingerprint density at radius 1 is 0.220 bits per heavy atom. The minimum absolute atomic E-state index is 0.0530. The summed E-state index contributed by atoms with van der Waals surface area (Å²) in [5.74, 6) is 0.441. The molecule has 6 unspecified atom stereocenters. The standard InChI is InChI=1S/C78H69NO3/c1-10-28-52(29-11-1)70(53-30-12-2-13-31-53)73(58-40-22-7-23-41-58)61-46-64-76-65(47-61)81-67-49-63(75(60-44-26-9-27-45-60)72(56-36-18-5-19-37-56)57-38-20-6-21-39-57)51-69-78(67)79(76)77-66(80-64)48-62(50-68(77)82-69)74(59-42-24-8-25-43-59)71(54-32-14-3-15-33-54)55-34-16-4-17-35-55/h1-45,61-69,76-78H,46-51H2. The Bertz CT molecular complexity index is 3170. The number of hydrogen-bond donors (Lipinski definition) is 0. The van der Waals surface area contributed by atoms with E-state index in [-0.39, 0.29) is 72.5 Å². The Balaban J connectivity index is 0.918. The summed E-state index contributed by atoms with van der Waals surface area (Å²) in [6.45, 7) is 0. The second kappa shape index (κ2) is 22.4. The van der Waals surface area contributed by atoms with Crippen molar-refractivity contribution in [1.29, 1.82) is 0 Å². The molecule has 6 fully saturated rings. The van der Waals surface area contributed by atoms with E-state index in [2.05, 4.69) is 278 Å². The van der Waals surface area contributed by atoms with Crippen LogP contribution in [0.4, 0.5) is 0 Å². The third-order valence-corrected chi connectivity index (χ3v) is 19.1. The number of nitrogens with zero attached hydrogens (tertiary/aromatic N) is 1. The molecule has 0 N–H and O–H groups in total. The van der Waals surface area contributed by atoms with Crippen molar-refractivity contribution in [1.82, 2.24) is 4.90 Å². The van der Waals surface area contributed by atoms with Crippen LogP contribution < -0.4 is 0 Å². The zero-order chi connectivity index (χ0) is 54.3. The van der Waals surface area contributed by atoms with E-state index >= 15 is 0 Å². The predicted molar refractivity (Wildman–Crippen MR) is 333 cm³/mol. The van der Waals surface area contributed by atoms with Gasteiger partial charge in [0.2, 0.25) is 0 Å². The first-order valence-electron chi connectivity index (χ1n) is 30.1. The molecule has 3 saturated carbocycles. The van der Waals surface area contributed by atoms with Crippen molar-refractivity contribution in [2.45, 2.75) is 93.3 Å². The molecular weight excluding hydrogens is 999 g/mol. The van der Waals surface area contributed by atoms with Crippen LogP contribution in [0, 0.1) is 17.8 Å². The first-order valence-corrected chi connectivity index (χ1v) is 30.1. The molecule has 0 spiro atoms. The van der Waals surface area contributed by atoms with Gasteiger partial charge >= 0.3 is 0 Å². The summed E-state index contributed by atoms with van der Waals surface area (Å²) >= 11 is 0. The summed E-state index contributed by atoms with van der Waals surface area (Å²) in [6, 6.07) is 101. The molecule has 0 bridgehead atoms. The SMILES string of the molecule is c1ccc(C(=C(c2ccccc2)C2CC3OC4CC(C(=C(c5ccccc5)c5ccccc5)c5ccccc5)CC5OC6CC(C(=C(c7ccccc7)c7ccccc7)c7ccccc7)CC7OC(C2)C3N(C45)C76)c2ccccc2)cc1. The molecule has 3 heterocycles. The Hall–Kier alpha value is -7.96. The quantitative estimate of drug-likeness (QED) is 0.114. The average molecular weight is 1070 g/mol. The summed E-state index contributed by atoms with van der Waals surface area (Å²) in [4.78, 5) is 3.03. The van der Waals surface area contributed by atoms with Crippen molar-refractivity contribution in [3.05, 3.63) is 323 Å². The van der Waals surface area contributed by atoms with E-state index in [9.17, 15) is 0 Å². The zero-order valence-corrected chi connectivity index (χ0v) is 46.3. The third-order valence-electron chi connectivity index (χ3n) is 19.1. The summed E-state index contributed by atoms with van der Waals surface area (Å²) in [7, 11) is 0. The first-order chi connectivity index (χ1) is 40.7. The Morgan fingerprint density at radius 3 is 0.549 bits per heavy atom. The fraction of sp³-hybridized carbons (Fsp3) is 0.231. The zero-order valence-electron chi connectivity index (χ0n) is 46.3. The minimum Gasteiger partial charge on any atom is -0.371 e. The summed E-state index contributed by atoms with van der Waals surface area (Å²) in [5.41, 5.74) is 19.2. The van der Waals surface area contributed by atoms with Crippen LogP contribution in [0.25, 0.3) is 33.4 Å². The van der Waals surface area contributed by atoms with Crippen molar-refractivity contribution in [2.75, 3.05) is 0 Å². The maximum atomic E-state index is 8.01. The van der Waals surface area contributed by atoms with Gasteiger partial charge in [0.15, 0.2) is 0 Å². The molecule has 6 atom stereocenters. The lowest BCUT2D eigenvalue weighted by atomic mass is 9.64. The summed E-state index contributed by atoms with van der Waals surface area (Å²) in [5, 5.41) is 0. The molecule has 6 aliphatic rings. The number of morpholine rings is 3. The lowest BCUT2D eigenvalue weighted by Gasteiger charge is -2.69. The van der Waals surface area contributed by atoms with Crippen LogP contribution in [0.15, 0.2) is 273 Å². The monoisotopic (exact) mass is 1070 g/mol. The largest absolute Gasteiger partial charge is 0.371 e. The highest BCUT2D eigenvalue weighted by molar-refractivity contribution is 6.01. The molecule has 3 saturated heterocycles. The molecule has 3 aliphatic heterocycles. The van der Waals surface area contributed by atoms with Crippen LogP contribution >= 0.6 is 0 Å². The van der Waals surface area contributed by atoms with Crippen molar-refractivity contribution < 1.29 is 14.2 Å². The van der Waals surface area contributed by atoms with Gasteiger partial charge in [-0.25, -0.2) is 0 Å². The van der Waals surface area contributed by atoms with Crippen molar-refractivity contribution >= 4 is 33.4 Å². The lowest BCUT2D eigenvalue weighted by molar-refractivity contribution is -0.338. The van der Waals surface area contributed by atoms with Crippen LogP contribution in [0.3, 0.4) is 0 Å². The van der Waals surface area contributed by atoms with E-state index in [0.717, 1.165) is 38.5 Å². The Kier molecular flexibility index (Phi) is 13.9. The highest BCUT2D eigenvalue weighted by Gasteiger charge is 2.66. The van der Waals surface area contributed by atoms with Crippen LogP contribution in [0.1, 0.15) is 88.6 Å². The van der Waals surface area contributed by atoms with E-state index in [4.69, 9.17) is 14.2 Å². The maximum Gasteiger partial charge on any atom is 0.0766 e. The molecule has 15 rings (SSSR count). The second-order valence-corrected chi connectivity index (χ2v) is 23.7. The molecule has 4 nitrogen and oxygen atoms in total. The number of ether oxygens (including phenoxy) is 3. The van der Waals surface area contributed by atoms with Gasteiger partial charge in [0.25, 0.3) is 0 Å². The van der Waals surface area contributed by atoms with Crippen LogP contribution in [-0.4, -0.2) is 59.6 Å². The van der Waals surface area contributed by atoms with Gasteiger partial charge < -0.3 is 14.2 Å². The Labute approximate surface area is 484 Å². The van der Waals surface area contributed by atoms with Crippen LogP contribution in [0.2, 0.25) is 0 Å². The van der Waals surface area contributed by atoms with Crippen molar-refractivity contribution in [2.24, 2.45) is 17.8 Å². The topological polar surface area (TPSA) is 30.9 Å². The smallest absolute Gasteiger partial charge is 0.0766 e. The molecule has 4 heteroatoms. The number of allylic oxidation sites excluding steroid dienone is 3. The number of benzene rings is 9. The van der Waals surface area contributed by atoms with E-state index in [1.807, 2.05) is 0 Å². The highest BCUT2D eigenvalue weighted by Crippen LogP contribution is 2.58. The van der Waals surface area contributed by atoms with E-state index in [0.29, 0.717) is 0 Å². The minimum atomic E-state index is -0.0530. The van der Waals surface area contributed by atoms with Gasteiger partial charge in [-0.1, -0.05) is 273 Å². The second-order valence-electron chi connectivity index (χ2n) is 23.7. The van der Waals surface area contributed by atoms with Gasteiger partial charge in [-0.05, 0) is 140 Å².